The van der Waals surface area contributed by atoms with Crippen molar-refractivity contribution in [3.05, 3.63) is 0 Å². The van der Waals surface area contributed by atoms with E-state index in [4.69, 9.17) is 5.41 Å². The second-order valence-electron chi connectivity index (χ2n) is 3.35. The third-order valence-corrected chi connectivity index (χ3v) is 2.51. The van der Waals surface area contributed by atoms with Crippen molar-refractivity contribution < 1.29 is 4.39 Å². The summed E-state index contributed by atoms with van der Waals surface area (Å²) in [4.78, 5) is 0. The van der Waals surface area contributed by atoms with Crippen LogP contribution in [0.2, 0.25) is 0 Å². The summed E-state index contributed by atoms with van der Waals surface area (Å²) in [5.41, 5.74) is 0. The van der Waals surface area contributed by atoms with Crippen LogP contribution in [0.4, 0.5) is 4.39 Å². The van der Waals surface area contributed by atoms with Crippen LogP contribution in [0.3, 0.4) is 0 Å². The van der Waals surface area contributed by atoms with E-state index in [9.17, 15) is 4.39 Å². The van der Waals surface area contributed by atoms with Gasteiger partial charge in [0.25, 0.3) is 0 Å². The summed E-state index contributed by atoms with van der Waals surface area (Å²) in [6.45, 7) is 2.02. The van der Waals surface area contributed by atoms with Gasteiger partial charge < -0.3 is 5.32 Å². The van der Waals surface area contributed by atoms with Gasteiger partial charge in [0, 0.05) is 12.3 Å². The minimum Gasteiger partial charge on any atom is -0.368 e. The molecule has 1 heterocycles. The minimum absolute atomic E-state index is 0.0174. The molecule has 1 saturated heterocycles. The van der Waals surface area contributed by atoms with Gasteiger partial charge in [-0.05, 0) is 5.92 Å². The summed E-state index contributed by atoms with van der Waals surface area (Å²) in [5.74, 6) is 1.08. The minimum atomic E-state index is -0.683. The van der Waals surface area contributed by atoms with E-state index < -0.39 is 6.17 Å². The molecule has 0 radical (unpaired) electrons. The lowest BCUT2D eigenvalue weighted by molar-refractivity contribution is 0.393. The molecule has 2 N–H and O–H groups in total. The van der Waals surface area contributed by atoms with E-state index in [0.717, 1.165) is 6.42 Å². The largest absolute Gasteiger partial charge is 0.368 e. The lowest BCUT2D eigenvalue weighted by Crippen LogP contribution is -2.33. The standard InChI is InChI=1S/C7H11FN2/c1-3-2-4(9)10-7-5(3)6(7)8/h3,5-7H,2H2,1H3,(H2,9,10)/t3?,5-,6?,7+/m1/s1. The van der Waals surface area contributed by atoms with Crippen LogP contribution in [0.15, 0.2) is 0 Å². The van der Waals surface area contributed by atoms with Gasteiger partial charge in [-0.2, -0.15) is 0 Å². The van der Waals surface area contributed by atoms with Crippen molar-refractivity contribution in [2.24, 2.45) is 11.8 Å². The van der Waals surface area contributed by atoms with Crippen molar-refractivity contribution in [3.8, 4) is 0 Å². The number of fused-ring (bicyclic) bond motifs is 1. The SMILES string of the molecule is CC1CC(=N)N[C@@H]2C(F)[C@@H]12. The van der Waals surface area contributed by atoms with Crippen LogP contribution in [0.25, 0.3) is 0 Å². The van der Waals surface area contributed by atoms with Gasteiger partial charge in [0.15, 0.2) is 0 Å². The number of amidine groups is 1. The fourth-order valence-corrected chi connectivity index (χ4v) is 1.86. The molecule has 2 rings (SSSR count). The first kappa shape index (κ1) is 6.13. The Hall–Kier alpha value is -0.600. The van der Waals surface area contributed by atoms with Gasteiger partial charge in [-0.3, -0.25) is 5.41 Å². The molecule has 2 aliphatic rings. The van der Waals surface area contributed by atoms with E-state index in [-0.39, 0.29) is 12.0 Å². The predicted octanol–water partition coefficient (Wildman–Crippen LogP) is 0.930. The van der Waals surface area contributed by atoms with Gasteiger partial charge in [0.1, 0.15) is 6.17 Å². The Morgan fingerprint density at radius 1 is 1.70 bits per heavy atom. The Balaban J connectivity index is 2.09. The Bertz CT molecular complexity index is 170. The highest BCUT2D eigenvalue weighted by Gasteiger charge is 2.56. The van der Waals surface area contributed by atoms with E-state index in [1.165, 1.54) is 0 Å². The number of rotatable bonds is 0. The summed E-state index contributed by atoms with van der Waals surface area (Å²) in [6, 6.07) is -0.0174. The molecule has 0 spiro atoms. The van der Waals surface area contributed by atoms with Crippen LogP contribution < -0.4 is 5.32 Å². The van der Waals surface area contributed by atoms with Crippen LogP contribution in [0.5, 0.6) is 0 Å². The van der Waals surface area contributed by atoms with Crippen molar-refractivity contribution in [3.63, 3.8) is 0 Å². The van der Waals surface area contributed by atoms with Crippen molar-refractivity contribution in [2.75, 3.05) is 0 Å². The smallest absolute Gasteiger partial charge is 0.126 e. The van der Waals surface area contributed by atoms with Gasteiger partial charge >= 0.3 is 0 Å². The topological polar surface area (TPSA) is 35.9 Å². The monoisotopic (exact) mass is 142 g/mol. The fourth-order valence-electron chi connectivity index (χ4n) is 1.86. The fraction of sp³-hybridized carbons (Fsp3) is 0.857. The highest BCUT2D eigenvalue weighted by molar-refractivity contribution is 5.81. The molecule has 3 heteroatoms. The number of piperidine rings is 1. The number of nitrogens with one attached hydrogen (secondary N) is 2. The average Bonchev–Trinajstić information content (AvgIpc) is 2.42. The Kier molecular flexibility index (Phi) is 1.05. The van der Waals surface area contributed by atoms with Crippen LogP contribution >= 0.6 is 0 Å². The molecular weight excluding hydrogens is 131 g/mol. The lowest BCUT2D eigenvalue weighted by atomic mass is 9.98. The normalized spacial score (nSPS) is 51.6. The maximum Gasteiger partial charge on any atom is 0.126 e. The average molecular weight is 142 g/mol. The van der Waals surface area contributed by atoms with Crippen LogP contribution in [-0.2, 0) is 0 Å². The highest BCUT2D eigenvalue weighted by Crippen LogP contribution is 2.44. The molecule has 2 nitrogen and oxygen atoms in total. The molecule has 0 aromatic heterocycles. The van der Waals surface area contributed by atoms with Crippen LogP contribution in [0.1, 0.15) is 13.3 Å². The second kappa shape index (κ2) is 1.71. The van der Waals surface area contributed by atoms with Crippen molar-refractivity contribution in [1.29, 1.82) is 5.41 Å². The number of alkyl halides is 1. The molecule has 1 saturated carbocycles. The number of hydrogen-bond donors (Lipinski definition) is 2. The van der Waals surface area contributed by atoms with Crippen LogP contribution in [0, 0.1) is 17.2 Å². The third kappa shape index (κ3) is 0.662. The van der Waals surface area contributed by atoms with Gasteiger partial charge in [-0.25, -0.2) is 4.39 Å². The molecular formula is C7H11FN2. The van der Waals surface area contributed by atoms with Crippen LogP contribution in [-0.4, -0.2) is 18.0 Å². The summed E-state index contributed by atoms with van der Waals surface area (Å²) < 4.78 is 12.7. The zero-order chi connectivity index (χ0) is 7.30. The Labute approximate surface area is 59.3 Å². The number of hydrogen-bond acceptors (Lipinski definition) is 1. The molecule has 56 valence electrons. The maximum absolute atomic E-state index is 12.7. The molecule has 0 aromatic rings. The van der Waals surface area contributed by atoms with E-state index in [1.54, 1.807) is 0 Å². The molecule has 1 aliphatic heterocycles. The molecule has 0 amide bonds. The molecule has 0 bridgehead atoms. The summed E-state index contributed by atoms with van der Waals surface area (Å²) >= 11 is 0. The van der Waals surface area contributed by atoms with Gasteiger partial charge in [0.05, 0.1) is 11.9 Å². The first-order valence-corrected chi connectivity index (χ1v) is 3.68. The highest BCUT2D eigenvalue weighted by atomic mass is 19.1. The summed E-state index contributed by atoms with van der Waals surface area (Å²) in [5, 5.41) is 10.1. The van der Waals surface area contributed by atoms with E-state index in [1.807, 2.05) is 6.92 Å². The molecule has 0 aromatic carbocycles. The van der Waals surface area contributed by atoms with E-state index in [0.29, 0.717) is 11.8 Å². The summed E-state index contributed by atoms with van der Waals surface area (Å²) in [6.07, 6.45) is 0.0412. The zero-order valence-corrected chi connectivity index (χ0v) is 5.89. The van der Waals surface area contributed by atoms with Crippen molar-refractivity contribution in [1.82, 2.24) is 5.32 Å². The third-order valence-electron chi connectivity index (χ3n) is 2.51. The van der Waals surface area contributed by atoms with E-state index >= 15 is 0 Å². The molecule has 10 heavy (non-hydrogen) atoms. The quantitative estimate of drug-likeness (QED) is 0.518. The maximum atomic E-state index is 12.7. The van der Waals surface area contributed by atoms with Crippen molar-refractivity contribution >= 4 is 5.84 Å². The molecule has 2 unspecified atom stereocenters. The first-order chi connectivity index (χ1) is 4.70. The van der Waals surface area contributed by atoms with E-state index in [2.05, 4.69) is 5.32 Å². The molecule has 1 aliphatic carbocycles. The summed E-state index contributed by atoms with van der Waals surface area (Å²) in [7, 11) is 0. The van der Waals surface area contributed by atoms with Crippen molar-refractivity contribution in [2.45, 2.75) is 25.6 Å². The number of halogens is 1. The lowest BCUT2D eigenvalue weighted by Gasteiger charge is -2.17. The second-order valence-corrected chi connectivity index (χ2v) is 3.35. The van der Waals surface area contributed by atoms with Gasteiger partial charge in [-0.1, -0.05) is 6.92 Å². The first-order valence-electron chi connectivity index (χ1n) is 3.68. The zero-order valence-electron chi connectivity index (χ0n) is 5.89. The molecule has 2 fully saturated rings. The molecule has 4 atom stereocenters. The van der Waals surface area contributed by atoms with Gasteiger partial charge in [-0.15, -0.1) is 0 Å². The Morgan fingerprint density at radius 3 is 3.00 bits per heavy atom. The Morgan fingerprint density at radius 2 is 2.40 bits per heavy atom. The predicted molar refractivity (Wildman–Crippen MR) is 36.8 cm³/mol. The van der Waals surface area contributed by atoms with Gasteiger partial charge in [0.2, 0.25) is 0 Å².